The third kappa shape index (κ3) is 5.99. The molecule has 4 rings (SSSR count). The fraction of sp³-hybridized carbons (Fsp3) is 0.222. The number of fused-ring (bicyclic) bond motifs is 2. The minimum atomic E-state index is -0.574. The Kier molecular flexibility index (Phi) is 6.93. The molecule has 0 aliphatic rings. The maximum atomic E-state index is 12.3. The molecule has 1 amide bonds. The van der Waals surface area contributed by atoms with E-state index in [9.17, 15) is 4.79 Å². The van der Waals surface area contributed by atoms with Crippen LogP contribution in [0, 0.1) is 0 Å². The SMILES string of the molecule is CC(C)(C)OC(=O)NCC(NC(=S)Nc1ccc2cnccc2c1)c1cccc2ccccc12. The number of carbonyl (C=O) groups is 1. The van der Waals surface area contributed by atoms with E-state index in [2.05, 4.69) is 39.1 Å². The van der Waals surface area contributed by atoms with Crippen LogP contribution >= 0.6 is 12.2 Å². The molecule has 34 heavy (non-hydrogen) atoms. The molecule has 0 aliphatic carbocycles. The zero-order valence-corrected chi connectivity index (χ0v) is 20.3. The smallest absolute Gasteiger partial charge is 0.407 e. The van der Waals surface area contributed by atoms with Gasteiger partial charge in [0.25, 0.3) is 0 Å². The van der Waals surface area contributed by atoms with Crippen molar-refractivity contribution in [3.63, 3.8) is 0 Å². The van der Waals surface area contributed by atoms with Crippen LogP contribution in [0.3, 0.4) is 0 Å². The predicted octanol–water partition coefficient (Wildman–Crippen LogP) is 5.94. The van der Waals surface area contributed by atoms with Crippen molar-refractivity contribution >= 4 is 50.7 Å². The molecule has 0 fully saturated rings. The van der Waals surface area contributed by atoms with Crippen LogP contribution in [0.2, 0.25) is 0 Å². The summed E-state index contributed by atoms with van der Waals surface area (Å²) in [6.45, 7) is 5.82. The fourth-order valence-corrected chi connectivity index (χ4v) is 4.04. The summed E-state index contributed by atoms with van der Waals surface area (Å²) >= 11 is 5.65. The van der Waals surface area contributed by atoms with Gasteiger partial charge in [-0.25, -0.2) is 4.79 Å². The predicted molar refractivity (Wildman–Crippen MR) is 142 cm³/mol. The first-order valence-electron chi connectivity index (χ1n) is 11.1. The van der Waals surface area contributed by atoms with Crippen LogP contribution in [0.1, 0.15) is 32.4 Å². The molecule has 1 aromatic heterocycles. The molecule has 7 heteroatoms. The third-order valence-corrected chi connectivity index (χ3v) is 5.47. The number of benzene rings is 3. The molecule has 1 unspecified atom stereocenters. The minimum absolute atomic E-state index is 0.275. The van der Waals surface area contributed by atoms with Crippen molar-refractivity contribution in [2.45, 2.75) is 32.4 Å². The molecular weight excluding hydrogens is 444 g/mol. The first kappa shape index (κ1) is 23.4. The average Bonchev–Trinajstić information content (AvgIpc) is 2.80. The van der Waals surface area contributed by atoms with Crippen molar-refractivity contribution < 1.29 is 9.53 Å². The van der Waals surface area contributed by atoms with Crippen LogP contribution < -0.4 is 16.0 Å². The largest absolute Gasteiger partial charge is 0.444 e. The monoisotopic (exact) mass is 472 g/mol. The molecule has 3 N–H and O–H groups in total. The number of hydrogen-bond acceptors (Lipinski definition) is 4. The highest BCUT2D eigenvalue weighted by Gasteiger charge is 2.20. The van der Waals surface area contributed by atoms with Gasteiger partial charge in [0.2, 0.25) is 0 Å². The number of hydrogen-bond donors (Lipinski definition) is 3. The number of nitrogens with zero attached hydrogens (tertiary/aromatic N) is 1. The number of pyridine rings is 1. The zero-order valence-electron chi connectivity index (χ0n) is 19.5. The molecule has 0 bridgehead atoms. The standard InChI is InChI=1S/C27H28N4O2S/c1-27(2,3)33-26(32)29-17-24(23-10-6-8-18-7-4-5-9-22(18)23)31-25(34)30-21-12-11-20-16-28-14-13-19(20)15-21/h4-16,24H,17H2,1-3H3,(H,29,32)(H2,30,31,34). The number of aromatic nitrogens is 1. The van der Waals surface area contributed by atoms with E-state index >= 15 is 0 Å². The second kappa shape index (κ2) is 10.1. The van der Waals surface area contributed by atoms with E-state index in [0.717, 1.165) is 32.8 Å². The first-order chi connectivity index (χ1) is 16.3. The quantitative estimate of drug-likeness (QED) is 0.312. The van der Waals surface area contributed by atoms with Crippen LogP contribution in [-0.2, 0) is 4.74 Å². The molecule has 0 saturated heterocycles. The van der Waals surface area contributed by atoms with Crippen LogP contribution in [0.15, 0.2) is 79.1 Å². The van der Waals surface area contributed by atoms with Crippen LogP contribution in [0.5, 0.6) is 0 Å². The van der Waals surface area contributed by atoms with Crippen molar-refractivity contribution in [1.82, 2.24) is 15.6 Å². The Labute approximate surface area is 204 Å². The van der Waals surface area contributed by atoms with Gasteiger partial charge in [-0.05, 0) is 72.9 Å². The number of nitrogens with one attached hydrogen (secondary N) is 3. The van der Waals surface area contributed by atoms with Gasteiger partial charge in [-0.3, -0.25) is 4.98 Å². The summed E-state index contributed by atoms with van der Waals surface area (Å²) in [4.78, 5) is 16.5. The number of alkyl carbamates (subject to hydrolysis) is 1. The van der Waals surface area contributed by atoms with Gasteiger partial charge in [0.1, 0.15) is 5.60 Å². The summed E-state index contributed by atoms with van der Waals surface area (Å²) in [5, 5.41) is 14.3. The Morgan fingerprint density at radius 3 is 2.62 bits per heavy atom. The van der Waals surface area contributed by atoms with Crippen LogP contribution in [0.25, 0.3) is 21.5 Å². The minimum Gasteiger partial charge on any atom is -0.444 e. The van der Waals surface area contributed by atoms with Crippen molar-refractivity contribution in [2.24, 2.45) is 0 Å². The van der Waals surface area contributed by atoms with Gasteiger partial charge in [-0.2, -0.15) is 0 Å². The highest BCUT2D eigenvalue weighted by molar-refractivity contribution is 7.80. The summed E-state index contributed by atoms with van der Waals surface area (Å²) in [6.07, 6.45) is 3.12. The summed E-state index contributed by atoms with van der Waals surface area (Å²) < 4.78 is 5.42. The van der Waals surface area contributed by atoms with Gasteiger partial charge in [0.15, 0.2) is 5.11 Å². The summed E-state index contributed by atoms with van der Waals surface area (Å²) in [6, 6.07) is 21.9. The van der Waals surface area contributed by atoms with Gasteiger partial charge in [0.05, 0.1) is 6.04 Å². The Morgan fingerprint density at radius 1 is 1.00 bits per heavy atom. The van der Waals surface area contributed by atoms with Crippen molar-refractivity contribution in [3.8, 4) is 0 Å². The molecule has 0 aliphatic heterocycles. The van der Waals surface area contributed by atoms with E-state index < -0.39 is 11.7 Å². The molecule has 1 heterocycles. The molecule has 4 aromatic rings. The molecule has 0 spiro atoms. The lowest BCUT2D eigenvalue weighted by atomic mass is 9.98. The maximum absolute atomic E-state index is 12.3. The normalized spacial score (nSPS) is 12.2. The van der Waals surface area contributed by atoms with Crippen molar-refractivity contribution in [1.29, 1.82) is 0 Å². The second-order valence-corrected chi connectivity index (χ2v) is 9.45. The van der Waals surface area contributed by atoms with E-state index in [1.165, 1.54) is 0 Å². The van der Waals surface area contributed by atoms with Gasteiger partial charge >= 0.3 is 6.09 Å². The summed E-state index contributed by atoms with van der Waals surface area (Å²) in [5.74, 6) is 0. The molecule has 3 aromatic carbocycles. The Morgan fingerprint density at radius 2 is 1.79 bits per heavy atom. The lowest BCUT2D eigenvalue weighted by Gasteiger charge is -2.25. The maximum Gasteiger partial charge on any atom is 0.407 e. The van der Waals surface area contributed by atoms with Crippen LogP contribution in [0.4, 0.5) is 10.5 Å². The molecule has 0 radical (unpaired) electrons. The summed E-state index contributed by atoms with van der Waals surface area (Å²) in [5.41, 5.74) is 1.32. The van der Waals surface area contributed by atoms with Gasteiger partial charge < -0.3 is 20.7 Å². The highest BCUT2D eigenvalue weighted by atomic mass is 32.1. The number of rotatable bonds is 5. The molecule has 1 atom stereocenters. The van der Waals surface area contributed by atoms with Crippen molar-refractivity contribution in [2.75, 3.05) is 11.9 Å². The van der Waals surface area contributed by atoms with E-state index in [-0.39, 0.29) is 6.04 Å². The molecule has 6 nitrogen and oxygen atoms in total. The van der Waals surface area contributed by atoms with Gasteiger partial charge in [-0.15, -0.1) is 0 Å². The lowest BCUT2D eigenvalue weighted by molar-refractivity contribution is 0.0523. The van der Waals surface area contributed by atoms with Crippen molar-refractivity contribution in [3.05, 3.63) is 84.7 Å². The molecular formula is C27H28N4O2S. The molecule has 0 saturated carbocycles. The Balaban J connectivity index is 1.55. The topological polar surface area (TPSA) is 75.3 Å². The Bertz CT molecular complexity index is 1330. The number of ether oxygens (including phenoxy) is 1. The van der Waals surface area contributed by atoms with Gasteiger partial charge in [0, 0.05) is 30.0 Å². The number of carbonyl (C=O) groups excluding carboxylic acids is 1. The second-order valence-electron chi connectivity index (χ2n) is 9.04. The number of thiocarbonyl (C=S) groups is 1. The van der Waals surface area contributed by atoms with E-state index in [4.69, 9.17) is 17.0 Å². The lowest BCUT2D eigenvalue weighted by Crippen LogP contribution is -2.41. The van der Waals surface area contributed by atoms with Crippen LogP contribution in [-0.4, -0.2) is 28.3 Å². The summed E-state index contributed by atoms with van der Waals surface area (Å²) in [7, 11) is 0. The van der Waals surface area contributed by atoms with E-state index in [1.54, 1.807) is 6.20 Å². The third-order valence-electron chi connectivity index (χ3n) is 5.25. The number of amides is 1. The zero-order chi connectivity index (χ0) is 24.1. The van der Waals surface area contributed by atoms with E-state index in [0.29, 0.717) is 11.7 Å². The highest BCUT2D eigenvalue weighted by Crippen LogP contribution is 2.25. The fourth-order valence-electron chi connectivity index (χ4n) is 3.78. The average molecular weight is 473 g/mol. The Hall–Kier alpha value is -3.71. The molecule has 174 valence electrons. The number of anilines is 1. The van der Waals surface area contributed by atoms with E-state index in [1.807, 2.05) is 75.5 Å². The van der Waals surface area contributed by atoms with Gasteiger partial charge in [-0.1, -0.05) is 48.5 Å². The first-order valence-corrected chi connectivity index (χ1v) is 11.6.